The summed E-state index contributed by atoms with van der Waals surface area (Å²) >= 11 is 0. The standard InChI is InChI=1S/C25H27N7O2/c1-18-7-9-19(10-8-18)34-22-6-4-3-5-21(22)29-23(33)16-31-11-13-32(14-12-31)25-20-15-28-30(2)24(20)26-17-27-25/h3-10,15,17H,11-14,16H2,1-2H3,(H,29,33). The molecule has 9 heteroatoms. The molecule has 0 spiro atoms. The van der Waals surface area contributed by atoms with Gasteiger partial charge in [0.1, 0.15) is 17.9 Å². The predicted octanol–water partition coefficient (Wildman–Crippen LogP) is 3.22. The Morgan fingerprint density at radius 3 is 2.59 bits per heavy atom. The molecule has 0 radical (unpaired) electrons. The summed E-state index contributed by atoms with van der Waals surface area (Å²) in [6.07, 6.45) is 3.38. The van der Waals surface area contributed by atoms with Crippen LogP contribution in [0.3, 0.4) is 0 Å². The quantitative estimate of drug-likeness (QED) is 0.476. The van der Waals surface area contributed by atoms with Gasteiger partial charge in [0.2, 0.25) is 5.91 Å². The van der Waals surface area contributed by atoms with Gasteiger partial charge < -0.3 is 15.0 Å². The lowest BCUT2D eigenvalue weighted by atomic mass is 10.2. The zero-order valence-corrected chi connectivity index (χ0v) is 19.3. The molecule has 2 aromatic heterocycles. The fraction of sp³-hybridized carbons (Fsp3) is 0.280. The van der Waals surface area contributed by atoms with Gasteiger partial charge in [0.25, 0.3) is 0 Å². The predicted molar refractivity (Wildman–Crippen MR) is 131 cm³/mol. The molecule has 1 saturated heterocycles. The first-order valence-corrected chi connectivity index (χ1v) is 11.3. The first-order valence-electron chi connectivity index (χ1n) is 11.3. The summed E-state index contributed by atoms with van der Waals surface area (Å²) in [5, 5.41) is 8.25. The lowest BCUT2D eigenvalue weighted by Crippen LogP contribution is -2.49. The van der Waals surface area contributed by atoms with Crippen LogP contribution in [-0.4, -0.2) is 63.3 Å². The van der Waals surface area contributed by atoms with Crippen molar-refractivity contribution in [2.45, 2.75) is 6.92 Å². The monoisotopic (exact) mass is 457 g/mol. The zero-order chi connectivity index (χ0) is 23.5. The van der Waals surface area contributed by atoms with E-state index in [1.807, 2.05) is 62.5 Å². The molecule has 0 bridgehead atoms. The van der Waals surface area contributed by atoms with Crippen LogP contribution in [0.4, 0.5) is 11.5 Å². The van der Waals surface area contributed by atoms with Crippen molar-refractivity contribution < 1.29 is 9.53 Å². The van der Waals surface area contributed by atoms with Crippen LogP contribution in [-0.2, 0) is 11.8 Å². The van der Waals surface area contributed by atoms with E-state index in [-0.39, 0.29) is 5.91 Å². The fourth-order valence-corrected chi connectivity index (χ4v) is 4.10. The Kier molecular flexibility index (Phi) is 6.09. The fourth-order valence-electron chi connectivity index (χ4n) is 4.10. The van der Waals surface area contributed by atoms with Crippen LogP contribution in [0.1, 0.15) is 5.56 Å². The number of nitrogens with one attached hydrogen (secondary N) is 1. The van der Waals surface area contributed by atoms with E-state index in [1.54, 1.807) is 17.2 Å². The second-order valence-electron chi connectivity index (χ2n) is 8.43. The molecule has 1 aliphatic rings. The Morgan fingerprint density at radius 1 is 1.03 bits per heavy atom. The molecule has 4 aromatic rings. The number of ether oxygens (including phenoxy) is 1. The minimum atomic E-state index is -0.0647. The van der Waals surface area contributed by atoms with Crippen molar-refractivity contribution in [1.82, 2.24) is 24.6 Å². The number of amides is 1. The van der Waals surface area contributed by atoms with Crippen molar-refractivity contribution in [1.29, 1.82) is 0 Å². The number of fused-ring (bicyclic) bond motifs is 1. The van der Waals surface area contributed by atoms with E-state index < -0.39 is 0 Å². The molecule has 0 aliphatic carbocycles. The van der Waals surface area contributed by atoms with Crippen LogP contribution in [0.15, 0.2) is 61.1 Å². The number of rotatable bonds is 6. The minimum Gasteiger partial charge on any atom is -0.455 e. The molecule has 1 fully saturated rings. The summed E-state index contributed by atoms with van der Waals surface area (Å²) in [4.78, 5) is 26.0. The maximum Gasteiger partial charge on any atom is 0.238 e. The molecule has 0 unspecified atom stereocenters. The number of anilines is 2. The molecule has 34 heavy (non-hydrogen) atoms. The zero-order valence-electron chi connectivity index (χ0n) is 19.3. The molecule has 5 rings (SSSR count). The van der Waals surface area contributed by atoms with Gasteiger partial charge in [-0.05, 0) is 31.2 Å². The van der Waals surface area contributed by atoms with E-state index in [1.165, 1.54) is 5.56 Å². The first kappa shape index (κ1) is 21.8. The number of aromatic nitrogens is 4. The van der Waals surface area contributed by atoms with Gasteiger partial charge in [-0.25, -0.2) is 9.97 Å². The van der Waals surface area contributed by atoms with Crippen LogP contribution in [0.2, 0.25) is 0 Å². The van der Waals surface area contributed by atoms with Crippen molar-refractivity contribution in [3.05, 3.63) is 66.6 Å². The average molecular weight is 458 g/mol. The number of para-hydroxylation sites is 2. The highest BCUT2D eigenvalue weighted by atomic mass is 16.5. The number of hydrogen-bond acceptors (Lipinski definition) is 7. The minimum absolute atomic E-state index is 0.0647. The SMILES string of the molecule is Cc1ccc(Oc2ccccc2NC(=O)CN2CCN(c3ncnc4c3cnn4C)CC2)cc1. The van der Waals surface area contributed by atoms with Crippen LogP contribution >= 0.6 is 0 Å². The number of hydrogen-bond donors (Lipinski definition) is 1. The molecule has 2 aromatic carbocycles. The molecule has 1 N–H and O–H groups in total. The summed E-state index contributed by atoms with van der Waals surface area (Å²) in [7, 11) is 1.87. The Hall–Kier alpha value is -3.98. The maximum atomic E-state index is 12.8. The number of aryl methyl sites for hydroxylation is 2. The topological polar surface area (TPSA) is 88.4 Å². The highest BCUT2D eigenvalue weighted by molar-refractivity contribution is 5.93. The molecule has 0 saturated carbocycles. The molecule has 0 atom stereocenters. The van der Waals surface area contributed by atoms with E-state index in [4.69, 9.17) is 4.74 Å². The number of nitrogens with zero attached hydrogens (tertiary/aromatic N) is 6. The molecule has 9 nitrogen and oxygen atoms in total. The van der Waals surface area contributed by atoms with E-state index in [0.717, 1.165) is 48.8 Å². The van der Waals surface area contributed by atoms with Gasteiger partial charge in [-0.3, -0.25) is 14.4 Å². The van der Waals surface area contributed by atoms with Gasteiger partial charge in [-0.1, -0.05) is 29.8 Å². The summed E-state index contributed by atoms with van der Waals surface area (Å²) in [5.41, 5.74) is 2.64. The molecule has 1 aliphatic heterocycles. The van der Waals surface area contributed by atoms with Gasteiger partial charge in [-0.2, -0.15) is 5.10 Å². The Morgan fingerprint density at radius 2 is 1.79 bits per heavy atom. The smallest absolute Gasteiger partial charge is 0.238 e. The highest BCUT2D eigenvalue weighted by Crippen LogP contribution is 2.29. The Labute approximate surface area is 198 Å². The normalized spacial score (nSPS) is 14.4. The van der Waals surface area contributed by atoms with Gasteiger partial charge >= 0.3 is 0 Å². The molecule has 174 valence electrons. The van der Waals surface area contributed by atoms with Gasteiger partial charge in [0.05, 0.1) is 23.8 Å². The summed E-state index contributed by atoms with van der Waals surface area (Å²) in [5.74, 6) is 2.18. The van der Waals surface area contributed by atoms with E-state index in [9.17, 15) is 4.79 Å². The third kappa shape index (κ3) is 4.69. The molecule has 1 amide bonds. The summed E-state index contributed by atoms with van der Waals surface area (Å²) in [6, 6.07) is 15.3. The Balaban J connectivity index is 1.18. The van der Waals surface area contributed by atoms with Crippen molar-refractivity contribution in [2.75, 3.05) is 42.9 Å². The van der Waals surface area contributed by atoms with Gasteiger partial charge in [-0.15, -0.1) is 0 Å². The van der Waals surface area contributed by atoms with Crippen molar-refractivity contribution in [2.24, 2.45) is 7.05 Å². The molecular weight excluding hydrogens is 430 g/mol. The lowest BCUT2D eigenvalue weighted by molar-refractivity contribution is -0.117. The Bertz CT molecular complexity index is 1290. The van der Waals surface area contributed by atoms with Gasteiger partial charge in [0, 0.05) is 33.2 Å². The second kappa shape index (κ2) is 9.48. The first-order chi connectivity index (χ1) is 16.6. The maximum absolute atomic E-state index is 12.8. The average Bonchev–Trinajstić information content (AvgIpc) is 3.23. The third-order valence-electron chi connectivity index (χ3n) is 5.96. The number of carbonyl (C=O) groups excluding carboxylic acids is 1. The molecule has 3 heterocycles. The van der Waals surface area contributed by atoms with E-state index in [2.05, 4.69) is 30.2 Å². The van der Waals surface area contributed by atoms with Crippen molar-refractivity contribution in [3.63, 3.8) is 0 Å². The van der Waals surface area contributed by atoms with Crippen molar-refractivity contribution in [3.8, 4) is 11.5 Å². The van der Waals surface area contributed by atoms with E-state index >= 15 is 0 Å². The van der Waals surface area contributed by atoms with Crippen LogP contribution in [0.25, 0.3) is 11.0 Å². The van der Waals surface area contributed by atoms with Crippen molar-refractivity contribution >= 4 is 28.4 Å². The van der Waals surface area contributed by atoms with Crippen LogP contribution < -0.4 is 15.0 Å². The lowest BCUT2D eigenvalue weighted by Gasteiger charge is -2.35. The second-order valence-corrected chi connectivity index (χ2v) is 8.43. The number of benzene rings is 2. The van der Waals surface area contributed by atoms with Crippen LogP contribution in [0, 0.1) is 6.92 Å². The highest BCUT2D eigenvalue weighted by Gasteiger charge is 2.22. The van der Waals surface area contributed by atoms with Crippen LogP contribution in [0.5, 0.6) is 11.5 Å². The van der Waals surface area contributed by atoms with E-state index in [0.29, 0.717) is 18.0 Å². The number of carbonyl (C=O) groups is 1. The van der Waals surface area contributed by atoms with Gasteiger partial charge in [0.15, 0.2) is 11.4 Å². The largest absolute Gasteiger partial charge is 0.455 e. The summed E-state index contributed by atoms with van der Waals surface area (Å²) in [6.45, 7) is 5.44. The molecular formula is C25H27N7O2. The third-order valence-corrected chi connectivity index (χ3v) is 5.96. The summed E-state index contributed by atoms with van der Waals surface area (Å²) < 4.78 is 7.75. The number of piperazine rings is 1.